The molecule has 1 aliphatic heterocycles. The molecule has 2 rings (SSSR count). The summed E-state index contributed by atoms with van der Waals surface area (Å²) in [5.41, 5.74) is 3.53. The van der Waals surface area contributed by atoms with Crippen molar-refractivity contribution in [1.82, 2.24) is 10.7 Å². The maximum absolute atomic E-state index is 12.0. The summed E-state index contributed by atoms with van der Waals surface area (Å²) in [6.45, 7) is 1.30. The van der Waals surface area contributed by atoms with Crippen LogP contribution in [0.5, 0.6) is 0 Å². The Kier molecular flexibility index (Phi) is 6.02. The van der Waals surface area contributed by atoms with Crippen LogP contribution in [0, 0.1) is 0 Å². The standard InChI is InChI=1S/C13H13Cl3N4O2S/c1-8(21)17-11(13(14,15)16)18-12-19-20(10(22)7-23-12)9-5-3-2-4-6-9/h2-6,11H,7H2,1H3,(H,17,21)(H,18,19)/t11-/m0/s1. The first-order valence-electron chi connectivity index (χ1n) is 6.46. The van der Waals surface area contributed by atoms with Gasteiger partial charge >= 0.3 is 0 Å². The highest BCUT2D eigenvalue weighted by molar-refractivity contribution is 8.14. The minimum atomic E-state index is -1.82. The Bertz CT molecular complexity index is 621. The van der Waals surface area contributed by atoms with Gasteiger partial charge in [-0.25, -0.2) is 10.0 Å². The number of amides is 2. The van der Waals surface area contributed by atoms with E-state index in [-0.39, 0.29) is 17.6 Å². The number of nitrogens with zero attached hydrogens (tertiary/aromatic N) is 2. The number of para-hydroxylation sites is 1. The first-order chi connectivity index (χ1) is 10.8. The van der Waals surface area contributed by atoms with Crippen molar-refractivity contribution in [2.45, 2.75) is 16.9 Å². The molecule has 0 saturated carbocycles. The second-order valence-corrected chi connectivity index (χ2v) is 7.88. The fourth-order valence-electron chi connectivity index (χ4n) is 1.73. The van der Waals surface area contributed by atoms with Crippen LogP contribution < -0.4 is 15.8 Å². The van der Waals surface area contributed by atoms with E-state index < -0.39 is 9.96 Å². The van der Waals surface area contributed by atoms with Crippen molar-refractivity contribution in [3.63, 3.8) is 0 Å². The van der Waals surface area contributed by atoms with E-state index in [2.05, 4.69) is 15.7 Å². The monoisotopic (exact) mass is 394 g/mol. The lowest BCUT2D eigenvalue weighted by molar-refractivity contribution is -0.119. The molecule has 1 heterocycles. The fourth-order valence-corrected chi connectivity index (χ4v) is 2.77. The minimum Gasteiger partial charge on any atom is -0.331 e. The molecule has 2 amide bonds. The van der Waals surface area contributed by atoms with E-state index in [9.17, 15) is 9.59 Å². The fraction of sp³-hybridized carbons (Fsp3) is 0.308. The lowest BCUT2D eigenvalue weighted by Crippen LogP contribution is -2.52. The van der Waals surface area contributed by atoms with Crippen LogP contribution >= 0.6 is 46.6 Å². The smallest absolute Gasteiger partial charge is 0.256 e. The van der Waals surface area contributed by atoms with Crippen LogP contribution in [0.2, 0.25) is 0 Å². The van der Waals surface area contributed by atoms with E-state index in [1.54, 1.807) is 12.1 Å². The third-order valence-electron chi connectivity index (χ3n) is 2.70. The molecule has 0 radical (unpaired) electrons. The van der Waals surface area contributed by atoms with Gasteiger partial charge in [-0.05, 0) is 12.1 Å². The normalized spacial score (nSPS) is 18.5. The molecule has 23 heavy (non-hydrogen) atoms. The highest BCUT2D eigenvalue weighted by Crippen LogP contribution is 2.32. The number of hydrazine groups is 1. The largest absolute Gasteiger partial charge is 0.331 e. The average molecular weight is 396 g/mol. The molecule has 1 atom stereocenters. The van der Waals surface area contributed by atoms with Crippen molar-refractivity contribution in [2.75, 3.05) is 10.8 Å². The predicted octanol–water partition coefficient (Wildman–Crippen LogP) is 2.46. The summed E-state index contributed by atoms with van der Waals surface area (Å²) in [5.74, 6) is -0.347. The second kappa shape index (κ2) is 7.61. The minimum absolute atomic E-state index is 0.134. The number of rotatable bonds is 3. The number of aliphatic imine (C=N–C) groups is 1. The van der Waals surface area contributed by atoms with Gasteiger partial charge in [-0.2, -0.15) is 0 Å². The zero-order chi connectivity index (χ0) is 17.0. The maximum Gasteiger partial charge on any atom is 0.256 e. The van der Waals surface area contributed by atoms with Crippen LogP contribution in [-0.2, 0) is 9.59 Å². The average Bonchev–Trinajstić information content (AvgIpc) is 2.48. The van der Waals surface area contributed by atoms with Gasteiger partial charge in [0.05, 0.1) is 11.4 Å². The molecule has 10 heteroatoms. The van der Waals surface area contributed by atoms with Crippen LogP contribution in [0.1, 0.15) is 6.92 Å². The SMILES string of the molecule is CC(=O)N[C@@H](/N=C1/NN(c2ccccc2)C(=O)CS1)C(Cl)(Cl)Cl. The van der Waals surface area contributed by atoms with Gasteiger partial charge in [-0.1, -0.05) is 64.8 Å². The van der Waals surface area contributed by atoms with E-state index in [1.165, 1.54) is 11.9 Å². The van der Waals surface area contributed by atoms with Crippen LogP contribution in [0.4, 0.5) is 5.69 Å². The Morgan fingerprint density at radius 2 is 2.04 bits per heavy atom. The van der Waals surface area contributed by atoms with Crippen molar-refractivity contribution in [3.8, 4) is 0 Å². The summed E-state index contributed by atoms with van der Waals surface area (Å²) >= 11 is 18.7. The number of nitrogens with one attached hydrogen (secondary N) is 2. The molecule has 6 nitrogen and oxygen atoms in total. The van der Waals surface area contributed by atoms with Crippen molar-refractivity contribution < 1.29 is 9.59 Å². The number of benzene rings is 1. The van der Waals surface area contributed by atoms with Crippen molar-refractivity contribution in [2.24, 2.45) is 4.99 Å². The predicted molar refractivity (Wildman–Crippen MR) is 94.9 cm³/mol. The van der Waals surface area contributed by atoms with Gasteiger partial charge in [-0.3, -0.25) is 15.0 Å². The van der Waals surface area contributed by atoms with Gasteiger partial charge in [0.15, 0.2) is 11.3 Å². The van der Waals surface area contributed by atoms with Crippen molar-refractivity contribution in [3.05, 3.63) is 30.3 Å². The molecule has 1 saturated heterocycles. The first-order valence-corrected chi connectivity index (χ1v) is 8.58. The molecule has 0 aromatic heterocycles. The summed E-state index contributed by atoms with van der Waals surface area (Å²) in [4.78, 5) is 27.5. The molecule has 0 unspecified atom stereocenters. The number of carbonyl (C=O) groups is 2. The molecule has 0 aliphatic carbocycles. The summed E-state index contributed by atoms with van der Waals surface area (Å²) in [7, 11) is 0. The van der Waals surface area contributed by atoms with E-state index >= 15 is 0 Å². The Hall–Kier alpha value is -1.15. The quantitative estimate of drug-likeness (QED) is 0.771. The molecule has 124 valence electrons. The highest BCUT2D eigenvalue weighted by atomic mass is 35.6. The van der Waals surface area contributed by atoms with Crippen molar-refractivity contribution >= 4 is 69.2 Å². The van der Waals surface area contributed by atoms with Gasteiger partial charge in [-0.15, -0.1) is 0 Å². The number of halogens is 3. The molecular formula is C13H13Cl3N4O2S. The third kappa shape index (κ3) is 5.17. The van der Waals surface area contributed by atoms with Crippen LogP contribution in [0.15, 0.2) is 35.3 Å². The highest BCUT2D eigenvalue weighted by Gasteiger charge is 2.35. The number of hydrogen-bond acceptors (Lipinski definition) is 4. The van der Waals surface area contributed by atoms with Crippen LogP contribution in [0.25, 0.3) is 0 Å². The van der Waals surface area contributed by atoms with Crippen LogP contribution in [0.3, 0.4) is 0 Å². The molecule has 2 N–H and O–H groups in total. The first kappa shape index (κ1) is 18.2. The number of hydrogen-bond donors (Lipinski definition) is 2. The Morgan fingerprint density at radius 1 is 1.39 bits per heavy atom. The van der Waals surface area contributed by atoms with Crippen molar-refractivity contribution in [1.29, 1.82) is 0 Å². The van der Waals surface area contributed by atoms with Gasteiger partial charge < -0.3 is 5.32 Å². The molecule has 1 aliphatic rings. The number of carbonyl (C=O) groups excluding carboxylic acids is 2. The Morgan fingerprint density at radius 3 is 2.61 bits per heavy atom. The topological polar surface area (TPSA) is 73.8 Å². The lowest BCUT2D eigenvalue weighted by Gasteiger charge is -2.30. The van der Waals surface area contributed by atoms with Gasteiger partial charge in [0, 0.05) is 6.92 Å². The molecule has 1 aromatic rings. The molecule has 0 spiro atoms. The van der Waals surface area contributed by atoms with E-state index in [0.717, 1.165) is 11.8 Å². The number of anilines is 1. The van der Waals surface area contributed by atoms with Crippen LogP contribution in [-0.4, -0.2) is 32.7 Å². The molecule has 1 fully saturated rings. The number of amidine groups is 1. The molecule has 1 aromatic carbocycles. The summed E-state index contributed by atoms with van der Waals surface area (Å²) in [6, 6.07) is 9.02. The van der Waals surface area contributed by atoms with Gasteiger partial charge in [0.1, 0.15) is 0 Å². The maximum atomic E-state index is 12.0. The summed E-state index contributed by atoms with van der Waals surface area (Å²) in [5, 5.41) is 4.17. The van der Waals surface area contributed by atoms with Gasteiger partial charge in [0.25, 0.3) is 5.91 Å². The van der Waals surface area contributed by atoms with E-state index in [1.807, 2.05) is 18.2 Å². The summed E-state index contributed by atoms with van der Waals surface area (Å²) < 4.78 is -1.82. The zero-order valence-electron chi connectivity index (χ0n) is 11.9. The van der Waals surface area contributed by atoms with E-state index in [0.29, 0.717) is 10.9 Å². The van der Waals surface area contributed by atoms with Gasteiger partial charge in [0.2, 0.25) is 9.70 Å². The lowest BCUT2D eigenvalue weighted by atomic mass is 10.3. The molecule has 0 bridgehead atoms. The van der Waals surface area contributed by atoms with E-state index in [4.69, 9.17) is 34.8 Å². The molecular weight excluding hydrogens is 383 g/mol. The third-order valence-corrected chi connectivity index (χ3v) is 4.18. The zero-order valence-corrected chi connectivity index (χ0v) is 15.0. The number of thioether (sulfide) groups is 1. The Labute approximate surface area is 152 Å². The second-order valence-electron chi connectivity index (χ2n) is 4.54. The summed E-state index contributed by atoms with van der Waals surface area (Å²) in [6.07, 6.45) is -1.08. The number of alkyl halides is 3. The Balaban J connectivity index is 2.22.